The number of allylic oxidation sites excluding steroid dienone is 5. The molecule has 0 aliphatic carbocycles. The molecule has 0 saturated heterocycles. The number of carbonyl (C=O) groups excluding carboxylic acids is 1. The fourth-order valence-electron chi connectivity index (χ4n) is 0.643. The second-order valence-corrected chi connectivity index (χ2v) is 2.81. The van der Waals surface area contributed by atoms with Crippen molar-refractivity contribution in [3.8, 4) is 0 Å². The number of ether oxygens (including phenoxy) is 1. The molecule has 3 heteroatoms. The van der Waals surface area contributed by atoms with E-state index in [0.717, 1.165) is 5.57 Å². The number of rotatable bonds is 6. The quantitative estimate of drug-likeness (QED) is 0.225. The molecule has 0 aliphatic heterocycles. The summed E-state index contributed by atoms with van der Waals surface area (Å²) in [6, 6.07) is 0. The maximum atomic E-state index is 11.0. The Labute approximate surface area is 95.8 Å². The van der Waals surface area contributed by atoms with Crippen LogP contribution in [0.15, 0.2) is 66.6 Å². The fraction of sp³-hybridized carbons (Fsp3) is 0.0769. The first-order chi connectivity index (χ1) is 7.66. The van der Waals surface area contributed by atoms with Crippen molar-refractivity contribution in [1.29, 1.82) is 0 Å². The SMILES string of the molecule is C=CN=C/C=C/C(=O)O/C=C/C=C\C(=C)C. The van der Waals surface area contributed by atoms with E-state index in [0.29, 0.717) is 0 Å². The van der Waals surface area contributed by atoms with Crippen LogP contribution in [-0.2, 0) is 9.53 Å². The van der Waals surface area contributed by atoms with Crippen LogP contribution < -0.4 is 0 Å². The highest BCUT2D eigenvalue weighted by Gasteiger charge is 1.89. The average Bonchev–Trinajstić information content (AvgIpc) is 2.23. The van der Waals surface area contributed by atoms with E-state index in [1.807, 2.05) is 6.92 Å². The lowest BCUT2D eigenvalue weighted by Crippen LogP contribution is -1.92. The number of hydrogen-bond donors (Lipinski definition) is 0. The second kappa shape index (κ2) is 9.40. The van der Waals surface area contributed by atoms with Gasteiger partial charge in [0.2, 0.25) is 0 Å². The van der Waals surface area contributed by atoms with Crippen molar-refractivity contribution in [2.24, 2.45) is 4.99 Å². The highest BCUT2D eigenvalue weighted by molar-refractivity contribution is 5.88. The molecule has 0 spiro atoms. The van der Waals surface area contributed by atoms with E-state index in [2.05, 4.69) is 18.2 Å². The van der Waals surface area contributed by atoms with E-state index >= 15 is 0 Å². The third-order valence-electron chi connectivity index (χ3n) is 1.26. The molecule has 0 aliphatic rings. The monoisotopic (exact) mass is 217 g/mol. The Bertz CT molecular complexity index is 360. The zero-order chi connectivity index (χ0) is 12.2. The summed E-state index contributed by atoms with van der Waals surface area (Å²) >= 11 is 0. The zero-order valence-electron chi connectivity index (χ0n) is 9.30. The van der Waals surface area contributed by atoms with Crippen LogP contribution in [0.2, 0.25) is 0 Å². The van der Waals surface area contributed by atoms with Gasteiger partial charge in [-0.3, -0.25) is 4.99 Å². The van der Waals surface area contributed by atoms with Crippen LogP contribution in [0.4, 0.5) is 0 Å². The molecular weight excluding hydrogens is 202 g/mol. The minimum Gasteiger partial charge on any atom is -0.431 e. The summed E-state index contributed by atoms with van der Waals surface area (Å²) in [5, 5.41) is 0. The predicted octanol–water partition coefficient (Wildman–Crippen LogP) is 2.95. The summed E-state index contributed by atoms with van der Waals surface area (Å²) in [7, 11) is 0. The number of esters is 1. The van der Waals surface area contributed by atoms with Crippen molar-refractivity contribution in [2.45, 2.75) is 6.92 Å². The van der Waals surface area contributed by atoms with Crippen LogP contribution in [0.5, 0.6) is 0 Å². The van der Waals surface area contributed by atoms with Gasteiger partial charge in [-0.1, -0.05) is 30.9 Å². The standard InChI is InChI=1S/C13H15NO2/c1-4-14-10-7-9-13(15)16-11-6-5-8-12(2)3/h4-11H,1-2H2,3H3/b8-5-,9-7+,11-6+,14-10?. The molecule has 0 aromatic carbocycles. The molecule has 0 amide bonds. The molecule has 0 rings (SSSR count). The van der Waals surface area contributed by atoms with Crippen molar-refractivity contribution < 1.29 is 9.53 Å². The third kappa shape index (κ3) is 9.92. The smallest absolute Gasteiger partial charge is 0.335 e. The Morgan fingerprint density at radius 2 is 2.00 bits per heavy atom. The minimum atomic E-state index is -0.463. The van der Waals surface area contributed by atoms with E-state index in [4.69, 9.17) is 4.74 Å². The van der Waals surface area contributed by atoms with Gasteiger partial charge in [0.1, 0.15) is 0 Å². The maximum Gasteiger partial charge on any atom is 0.335 e. The van der Waals surface area contributed by atoms with Gasteiger partial charge in [-0.2, -0.15) is 0 Å². The van der Waals surface area contributed by atoms with Gasteiger partial charge in [-0.05, 0) is 19.1 Å². The number of aliphatic imine (C=N–C) groups is 1. The first-order valence-corrected chi connectivity index (χ1v) is 4.67. The van der Waals surface area contributed by atoms with Crippen molar-refractivity contribution in [2.75, 3.05) is 0 Å². The minimum absolute atomic E-state index is 0.463. The summed E-state index contributed by atoms with van der Waals surface area (Å²) in [6.07, 6.45) is 12.0. The summed E-state index contributed by atoms with van der Waals surface area (Å²) in [5.41, 5.74) is 0.927. The van der Waals surface area contributed by atoms with Crippen molar-refractivity contribution in [1.82, 2.24) is 0 Å². The van der Waals surface area contributed by atoms with Gasteiger partial charge in [-0.25, -0.2) is 4.79 Å². The van der Waals surface area contributed by atoms with Crippen molar-refractivity contribution in [3.05, 3.63) is 61.6 Å². The van der Waals surface area contributed by atoms with Gasteiger partial charge in [0.15, 0.2) is 0 Å². The number of hydrogen-bond acceptors (Lipinski definition) is 3. The molecule has 0 unspecified atom stereocenters. The lowest BCUT2D eigenvalue weighted by molar-refractivity contribution is -0.132. The average molecular weight is 217 g/mol. The molecule has 0 atom stereocenters. The number of carbonyl (C=O) groups is 1. The lowest BCUT2D eigenvalue weighted by atomic mass is 10.3. The second-order valence-electron chi connectivity index (χ2n) is 2.81. The molecule has 3 nitrogen and oxygen atoms in total. The van der Waals surface area contributed by atoms with E-state index in [-0.39, 0.29) is 0 Å². The van der Waals surface area contributed by atoms with E-state index in [9.17, 15) is 4.79 Å². The lowest BCUT2D eigenvalue weighted by Gasteiger charge is -1.89. The summed E-state index contributed by atoms with van der Waals surface area (Å²) in [5.74, 6) is -0.463. The largest absolute Gasteiger partial charge is 0.431 e. The highest BCUT2D eigenvalue weighted by Crippen LogP contribution is 1.90. The Morgan fingerprint density at radius 1 is 1.25 bits per heavy atom. The van der Waals surface area contributed by atoms with E-state index < -0.39 is 5.97 Å². The Hall–Kier alpha value is -2.16. The molecule has 84 valence electrons. The molecule has 0 bridgehead atoms. The van der Waals surface area contributed by atoms with Gasteiger partial charge < -0.3 is 4.74 Å². The molecule has 0 heterocycles. The molecule has 0 N–H and O–H groups in total. The van der Waals surface area contributed by atoms with Gasteiger partial charge in [0, 0.05) is 18.5 Å². The van der Waals surface area contributed by atoms with Gasteiger partial charge >= 0.3 is 5.97 Å². The van der Waals surface area contributed by atoms with Crippen LogP contribution in [-0.4, -0.2) is 12.2 Å². The first kappa shape index (κ1) is 13.8. The van der Waals surface area contributed by atoms with E-state index in [1.54, 1.807) is 18.2 Å². The van der Waals surface area contributed by atoms with Crippen LogP contribution in [0.1, 0.15) is 6.92 Å². The zero-order valence-corrected chi connectivity index (χ0v) is 9.30. The summed E-state index contributed by atoms with van der Waals surface area (Å²) in [4.78, 5) is 14.7. The normalized spacial score (nSPS) is 11.8. The first-order valence-electron chi connectivity index (χ1n) is 4.67. The number of nitrogens with zero attached hydrogens (tertiary/aromatic N) is 1. The molecule has 0 radical (unpaired) electrons. The Kier molecular flexibility index (Phi) is 8.13. The molecule has 0 saturated carbocycles. The van der Waals surface area contributed by atoms with Crippen molar-refractivity contribution >= 4 is 12.2 Å². The molecule has 0 aromatic heterocycles. The maximum absolute atomic E-state index is 11.0. The molecule has 16 heavy (non-hydrogen) atoms. The molecule has 0 fully saturated rings. The van der Waals surface area contributed by atoms with Gasteiger partial charge in [-0.15, -0.1) is 0 Å². The Balaban J connectivity index is 3.89. The van der Waals surface area contributed by atoms with E-state index in [1.165, 1.54) is 30.8 Å². The van der Waals surface area contributed by atoms with Crippen LogP contribution in [0.3, 0.4) is 0 Å². The highest BCUT2D eigenvalue weighted by atomic mass is 16.5. The van der Waals surface area contributed by atoms with Crippen molar-refractivity contribution in [3.63, 3.8) is 0 Å². The van der Waals surface area contributed by atoms with Gasteiger partial charge in [0.25, 0.3) is 0 Å². The summed E-state index contributed by atoms with van der Waals surface area (Å²) in [6.45, 7) is 8.94. The predicted molar refractivity (Wildman–Crippen MR) is 67.0 cm³/mol. The molecular formula is C13H15NO2. The van der Waals surface area contributed by atoms with Gasteiger partial charge in [0.05, 0.1) is 6.26 Å². The Morgan fingerprint density at radius 3 is 2.62 bits per heavy atom. The fourth-order valence-corrected chi connectivity index (χ4v) is 0.643. The van der Waals surface area contributed by atoms with Crippen LogP contribution in [0.25, 0.3) is 0 Å². The van der Waals surface area contributed by atoms with Crippen LogP contribution in [0, 0.1) is 0 Å². The summed E-state index contributed by atoms with van der Waals surface area (Å²) < 4.78 is 4.73. The third-order valence-corrected chi connectivity index (χ3v) is 1.26. The molecule has 0 aromatic rings. The van der Waals surface area contributed by atoms with Crippen LogP contribution >= 0.6 is 0 Å². The topological polar surface area (TPSA) is 38.7 Å².